The Hall–Kier alpha value is -2.83. The Balaban J connectivity index is 1.52. The molecule has 0 spiro atoms. The number of thioether (sulfide) groups is 2. The van der Waals surface area contributed by atoms with Crippen molar-refractivity contribution in [3.63, 3.8) is 0 Å². The summed E-state index contributed by atoms with van der Waals surface area (Å²) in [5, 5.41) is 20.8. The van der Waals surface area contributed by atoms with Crippen LogP contribution in [-0.2, 0) is 18.3 Å². The van der Waals surface area contributed by atoms with Crippen molar-refractivity contribution in [2.45, 2.75) is 22.8 Å². The summed E-state index contributed by atoms with van der Waals surface area (Å²) in [6.45, 7) is 2.05. The largest absolute Gasteiger partial charge is 0.497 e. The van der Waals surface area contributed by atoms with Gasteiger partial charge in [-0.1, -0.05) is 41.8 Å². The molecule has 0 aliphatic heterocycles. The number of nitrogens with zero attached hydrogens (tertiary/aromatic N) is 6. The van der Waals surface area contributed by atoms with Crippen LogP contribution in [0.4, 0.5) is 5.13 Å². The van der Waals surface area contributed by atoms with Crippen molar-refractivity contribution in [3.8, 4) is 11.4 Å². The zero-order valence-electron chi connectivity index (χ0n) is 18.4. The SMILES string of the molecule is CCSc1nnc(NC(=O)CSc2nnc(Cc3cccn3C)n2-c2ccc(OC)cc2)s1. The zero-order valence-corrected chi connectivity index (χ0v) is 20.8. The molecule has 0 fully saturated rings. The van der Waals surface area contributed by atoms with E-state index in [1.165, 1.54) is 23.1 Å². The fourth-order valence-corrected chi connectivity index (χ4v) is 5.50. The topological polar surface area (TPSA) is 99.8 Å². The lowest BCUT2D eigenvalue weighted by atomic mass is 10.2. The zero-order chi connectivity index (χ0) is 23.2. The van der Waals surface area contributed by atoms with Crippen LogP contribution in [0.1, 0.15) is 18.4 Å². The van der Waals surface area contributed by atoms with E-state index >= 15 is 0 Å². The number of nitrogens with one attached hydrogen (secondary N) is 1. The molecule has 1 N–H and O–H groups in total. The number of benzene rings is 1. The first-order valence-electron chi connectivity index (χ1n) is 10.1. The Morgan fingerprint density at radius 3 is 2.64 bits per heavy atom. The van der Waals surface area contributed by atoms with Crippen LogP contribution in [-0.4, -0.2) is 54.1 Å². The van der Waals surface area contributed by atoms with E-state index in [0.29, 0.717) is 16.7 Å². The van der Waals surface area contributed by atoms with Gasteiger partial charge in [0.1, 0.15) is 11.6 Å². The predicted octanol–water partition coefficient (Wildman–Crippen LogP) is 3.90. The number of aryl methyl sites for hydroxylation is 1. The Morgan fingerprint density at radius 1 is 1.12 bits per heavy atom. The van der Waals surface area contributed by atoms with E-state index in [1.54, 1.807) is 18.9 Å². The number of amides is 1. The number of ether oxygens (including phenoxy) is 1. The van der Waals surface area contributed by atoms with Crippen molar-refractivity contribution < 1.29 is 9.53 Å². The quantitative estimate of drug-likeness (QED) is 0.258. The van der Waals surface area contributed by atoms with Gasteiger partial charge in [0.05, 0.1) is 12.9 Å². The normalized spacial score (nSPS) is 11.0. The average molecular weight is 502 g/mol. The van der Waals surface area contributed by atoms with Gasteiger partial charge in [-0.05, 0) is 42.2 Å². The summed E-state index contributed by atoms with van der Waals surface area (Å²) in [6, 6.07) is 11.8. The molecule has 0 saturated heterocycles. The lowest BCUT2D eigenvalue weighted by Crippen LogP contribution is -2.14. The fourth-order valence-electron chi connectivity index (χ4n) is 3.07. The summed E-state index contributed by atoms with van der Waals surface area (Å²) in [7, 11) is 3.64. The molecule has 12 heteroatoms. The van der Waals surface area contributed by atoms with Crippen LogP contribution >= 0.6 is 34.9 Å². The van der Waals surface area contributed by atoms with Crippen LogP contribution in [0.25, 0.3) is 5.69 Å². The van der Waals surface area contributed by atoms with Gasteiger partial charge in [-0.3, -0.25) is 14.7 Å². The highest BCUT2D eigenvalue weighted by Crippen LogP contribution is 2.27. The smallest absolute Gasteiger partial charge is 0.236 e. The summed E-state index contributed by atoms with van der Waals surface area (Å²) in [4.78, 5) is 12.5. The van der Waals surface area contributed by atoms with E-state index in [4.69, 9.17) is 4.74 Å². The van der Waals surface area contributed by atoms with Gasteiger partial charge in [0, 0.05) is 31.0 Å². The van der Waals surface area contributed by atoms with Crippen LogP contribution in [0.3, 0.4) is 0 Å². The van der Waals surface area contributed by atoms with Gasteiger partial charge in [0.25, 0.3) is 0 Å². The number of aromatic nitrogens is 6. The minimum absolute atomic E-state index is 0.169. The minimum Gasteiger partial charge on any atom is -0.497 e. The monoisotopic (exact) mass is 501 g/mol. The summed E-state index contributed by atoms with van der Waals surface area (Å²) in [6.07, 6.45) is 2.61. The third-order valence-electron chi connectivity index (χ3n) is 4.67. The molecule has 0 bridgehead atoms. The van der Waals surface area contributed by atoms with E-state index in [9.17, 15) is 4.79 Å². The third kappa shape index (κ3) is 5.75. The van der Waals surface area contributed by atoms with Gasteiger partial charge in [-0.2, -0.15) is 0 Å². The number of hydrogen-bond acceptors (Lipinski definition) is 9. The molecule has 33 heavy (non-hydrogen) atoms. The average Bonchev–Trinajstić information content (AvgIpc) is 3.54. The number of rotatable bonds is 10. The Bertz CT molecular complexity index is 1220. The minimum atomic E-state index is -0.169. The molecule has 0 saturated carbocycles. The summed E-state index contributed by atoms with van der Waals surface area (Å²) in [5.41, 5.74) is 2.02. The fraction of sp³-hybridized carbons (Fsp3) is 0.286. The second kappa shape index (κ2) is 10.9. The van der Waals surface area contributed by atoms with Crippen molar-refractivity contribution >= 4 is 45.9 Å². The molecule has 1 aromatic carbocycles. The molecular weight excluding hydrogens is 478 g/mol. The van der Waals surface area contributed by atoms with Crippen LogP contribution < -0.4 is 10.1 Å². The standard InChI is InChI=1S/C21H23N7O2S3/c1-4-31-21-26-24-19(33-21)22-18(29)13-32-20-25-23-17(12-15-6-5-11-27(15)2)28(20)14-7-9-16(30-3)10-8-14/h5-11H,4,12-13H2,1-3H3,(H,22,24,29). The first-order valence-corrected chi connectivity index (χ1v) is 12.9. The van der Waals surface area contributed by atoms with Gasteiger partial charge < -0.3 is 9.30 Å². The highest BCUT2D eigenvalue weighted by molar-refractivity contribution is 8.01. The van der Waals surface area contributed by atoms with Gasteiger partial charge in [-0.25, -0.2) is 0 Å². The Labute approximate surface area is 204 Å². The first kappa shape index (κ1) is 23.3. The molecule has 9 nitrogen and oxygen atoms in total. The van der Waals surface area contributed by atoms with Crippen LogP contribution in [0.15, 0.2) is 52.1 Å². The molecule has 0 radical (unpaired) electrons. The van der Waals surface area contributed by atoms with Crippen molar-refractivity contribution in [2.24, 2.45) is 7.05 Å². The number of hydrogen-bond donors (Lipinski definition) is 1. The Kier molecular flexibility index (Phi) is 7.68. The van der Waals surface area contributed by atoms with Crippen molar-refractivity contribution in [3.05, 3.63) is 54.1 Å². The first-order chi connectivity index (χ1) is 16.1. The Morgan fingerprint density at radius 2 is 1.94 bits per heavy atom. The van der Waals surface area contributed by atoms with E-state index < -0.39 is 0 Å². The second-order valence-electron chi connectivity index (χ2n) is 6.86. The van der Waals surface area contributed by atoms with Gasteiger partial charge in [-0.15, -0.1) is 20.4 Å². The molecule has 3 aromatic heterocycles. The lowest BCUT2D eigenvalue weighted by Gasteiger charge is -2.11. The molecule has 0 atom stereocenters. The van der Waals surface area contributed by atoms with Crippen molar-refractivity contribution in [2.75, 3.05) is 23.9 Å². The number of carbonyl (C=O) groups is 1. The van der Waals surface area contributed by atoms with Gasteiger partial charge in [0.15, 0.2) is 9.50 Å². The second-order valence-corrected chi connectivity index (χ2v) is 10.3. The molecule has 0 aliphatic rings. The molecule has 4 rings (SSSR count). The van der Waals surface area contributed by atoms with E-state index in [-0.39, 0.29) is 11.7 Å². The molecule has 1 amide bonds. The van der Waals surface area contributed by atoms with Crippen molar-refractivity contribution in [1.29, 1.82) is 0 Å². The summed E-state index contributed by atoms with van der Waals surface area (Å²) in [5.74, 6) is 2.47. The number of anilines is 1. The lowest BCUT2D eigenvalue weighted by molar-refractivity contribution is -0.113. The predicted molar refractivity (Wildman–Crippen MR) is 132 cm³/mol. The highest BCUT2D eigenvalue weighted by Gasteiger charge is 2.18. The maximum Gasteiger partial charge on any atom is 0.236 e. The van der Waals surface area contributed by atoms with E-state index in [1.807, 2.05) is 55.1 Å². The molecule has 3 heterocycles. The molecule has 0 unspecified atom stereocenters. The van der Waals surface area contributed by atoms with Gasteiger partial charge in [0.2, 0.25) is 11.0 Å². The highest BCUT2D eigenvalue weighted by atomic mass is 32.2. The maximum atomic E-state index is 12.5. The third-order valence-corrected chi connectivity index (χ3v) is 7.46. The molecule has 0 aliphatic carbocycles. The van der Waals surface area contributed by atoms with Crippen LogP contribution in [0.5, 0.6) is 5.75 Å². The van der Waals surface area contributed by atoms with Crippen LogP contribution in [0.2, 0.25) is 0 Å². The molecule has 4 aromatic rings. The number of carbonyl (C=O) groups excluding carboxylic acids is 1. The molecular formula is C21H23N7O2S3. The van der Waals surface area contributed by atoms with E-state index in [0.717, 1.165) is 33.0 Å². The van der Waals surface area contributed by atoms with E-state index in [2.05, 4.69) is 36.3 Å². The van der Waals surface area contributed by atoms with Crippen molar-refractivity contribution in [1.82, 2.24) is 29.5 Å². The van der Waals surface area contributed by atoms with Gasteiger partial charge >= 0.3 is 0 Å². The summed E-state index contributed by atoms with van der Waals surface area (Å²) >= 11 is 4.29. The maximum absolute atomic E-state index is 12.5. The molecule has 172 valence electrons. The summed E-state index contributed by atoms with van der Waals surface area (Å²) < 4.78 is 10.2. The number of methoxy groups -OCH3 is 1. The van der Waals surface area contributed by atoms with Crippen LogP contribution in [0, 0.1) is 0 Å².